The molecule has 146 valence electrons. The van der Waals surface area contributed by atoms with Gasteiger partial charge in [-0.15, -0.1) is 11.8 Å². The largest absolute Gasteiger partial charge is 0.342 e. The molecule has 2 aromatic rings. The van der Waals surface area contributed by atoms with Gasteiger partial charge in [-0.1, -0.05) is 23.7 Å². The number of halogens is 1. The molecule has 1 aliphatic rings. The monoisotopic (exact) mass is 417 g/mol. The van der Waals surface area contributed by atoms with E-state index in [1.54, 1.807) is 42.5 Å². The fraction of sp³-hybridized carbons (Fsp3) is 0.250. The predicted octanol–water partition coefficient (Wildman–Crippen LogP) is 3.13. The second-order valence-electron chi connectivity index (χ2n) is 6.29. The van der Waals surface area contributed by atoms with E-state index >= 15 is 0 Å². The Balaban J connectivity index is 1.58. The molecule has 0 aliphatic carbocycles. The highest BCUT2D eigenvalue weighted by Crippen LogP contribution is 2.23. The number of thioether (sulfide) groups is 1. The Labute approximate surface area is 172 Å². The van der Waals surface area contributed by atoms with Crippen molar-refractivity contribution >= 4 is 41.1 Å². The van der Waals surface area contributed by atoms with Gasteiger partial charge in [-0.05, 0) is 49.2 Å². The summed E-state index contributed by atoms with van der Waals surface area (Å²) in [4.78, 5) is 39.4. The average Bonchev–Trinajstić information content (AvgIpc) is 3.26. The highest BCUT2D eigenvalue weighted by atomic mass is 35.5. The molecule has 6 nitrogen and oxygen atoms in total. The van der Waals surface area contributed by atoms with Gasteiger partial charge in [0.05, 0.1) is 11.3 Å². The van der Waals surface area contributed by atoms with E-state index in [4.69, 9.17) is 11.6 Å². The maximum Gasteiger partial charge on any atom is 0.270 e. The molecule has 1 saturated heterocycles. The molecule has 2 aromatic carbocycles. The molecule has 0 radical (unpaired) electrons. The van der Waals surface area contributed by atoms with Crippen molar-refractivity contribution in [1.29, 1.82) is 0 Å². The van der Waals surface area contributed by atoms with Crippen LogP contribution in [-0.2, 0) is 4.79 Å². The Kier molecular flexibility index (Phi) is 6.95. The summed E-state index contributed by atoms with van der Waals surface area (Å²) in [6, 6.07) is 13.3. The molecule has 0 atom stereocenters. The summed E-state index contributed by atoms with van der Waals surface area (Å²) >= 11 is 7.13. The van der Waals surface area contributed by atoms with Crippen molar-refractivity contribution in [3.63, 3.8) is 0 Å². The summed E-state index contributed by atoms with van der Waals surface area (Å²) < 4.78 is 0. The lowest BCUT2D eigenvalue weighted by Gasteiger charge is -2.15. The molecule has 0 unspecified atom stereocenters. The zero-order valence-corrected chi connectivity index (χ0v) is 16.7. The maximum absolute atomic E-state index is 12.5. The van der Waals surface area contributed by atoms with Crippen molar-refractivity contribution in [2.45, 2.75) is 17.7 Å². The van der Waals surface area contributed by atoms with E-state index in [0.717, 1.165) is 25.9 Å². The second-order valence-corrected chi connectivity index (χ2v) is 7.74. The lowest BCUT2D eigenvalue weighted by atomic mass is 10.2. The van der Waals surface area contributed by atoms with Gasteiger partial charge in [0.2, 0.25) is 5.91 Å². The first-order valence-corrected chi connectivity index (χ1v) is 10.3. The van der Waals surface area contributed by atoms with Crippen molar-refractivity contribution in [2.24, 2.45) is 0 Å². The van der Waals surface area contributed by atoms with Gasteiger partial charge in [0.25, 0.3) is 11.8 Å². The molecule has 1 fully saturated rings. The lowest BCUT2D eigenvalue weighted by molar-refractivity contribution is -0.127. The first-order chi connectivity index (χ1) is 13.5. The number of nitrogens with zero attached hydrogens (tertiary/aromatic N) is 1. The van der Waals surface area contributed by atoms with Gasteiger partial charge in [0.15, 0.2) is 0 Å². The number of amides is 3. The topological polar surface area (TPSA) is 78.5 Å². The van der Waals surface area contributed by atoms with Crippen LogP contribution < -0.4 is 10.9 Å². The molecular weight excluding hydrogens is 398 g/mol. The number of rotatable bonds is 5. The van der Waals surface area contributed by atoms with Crippen LogP contribution in [-0.4, -0.2) is 41.5 Å². The van der Waals surface area contributed by atoms with Crippen LogP contribution in [0.1, 0.15) is 33.6 Å². The highest BCUT2D eigenvalue weighted by Gasteiger charge is 2.19. The Morgan fingerprint density at radius 1 is 0.929 bits per heavy atom. The number of likely N-dealkylation sites (tertiary alicyclic amines) is 1. The number of hydrazine groups is 1. The number of carbonyl (C=O) groups is 3. The summed E-state index contributed by atoms with van der Waals surface area (Å²) in [7, 11) is 0. The van der Waals surface area contributed by atoms with Gasteiger partial charge in [0, 0.05) is 28.6 Å². The van der Waals surface area contributed by atoms with Gasteiger partial charge in [-0.3, -0.25) is 25.2 Å². The van der Waals surface area contributed by atoms with Gasteiger partial charge < -0.3 is 4.90 Å². The van der Waals surface area contributed by atoms with E-state index in [0.29, 0.717) is 21.0 Å². The number of carbonyl (C=O) groups excluding carboxylic acids is 3. The Bertz CT molecular complexity index is 867. The Morgan fingerprint density at radius 3 is 2.29 bits per heavy atom. The molecular formula is C20H20ClN3O3S. The van der Waals surface area contributed by atoms with Crippen molar-refractivity contribution in [2.75, 3.05) is 18.8 Å². The van der Waals surface area contributed by atoms with Gasteiger partial charge in [-0.2, -0.15) is 0 Å². The standard InChI is InChI=1S/C20H20ClN3O3S/c21-15-9-7-14(8-10-15)19(26)22-23-20(27)16-5-1-2-6-17(16)28-13-18(25)24-11-3-4-12-24/h1-2,5-10H,3-4,11-13H2,(H,22,26)(H,23,27). The normalized spacial score (nSPS) is 13.2. The third kappa shape index (κ3) is 5.27. The summed E-state index contributed by atoms with van der Waals surface area (Å²) in [6.07, 6.45) is 2.09. The number of hydrogen-bond acceptors (Lipinski definition) is 4. The molecule has 28 heavy (non-hydrogen) atoms. The number of hydrogen-bond donors (Lipinski definition) is 2. The van der Waals surface area contributed by atoms with Crippen molar-refractivity contribution < 1.29 is 14.4 Å². The third-order valence-electron chi connectivity index (χ3n) is 4.34. The van der Waals surface area contributed by atoms with Crippen LogP contribution in [0.15, 0.2) is 53.4 Å². The maximum atomic E-state index is 12.5. The predicted molar refractivity (Wildman–Crippen MR) is 109 cm³/mol. The van der Waals surface area contributed by atoms with Gasteiger partial charge in [-0.25, -0.2) is 0 Å². The van der Waals surface area contributed by atoms with E-state index in [1.165, 1.54) is 11.8 Å². The van der Waals surface area contributed by atoms with Crippen molar-refractivity contribution in [3.05, 3.63) is 64.7 Å². The zero-order chi connectivity index (χ0) is 19.9. The molecule has 0 spiro atoms. The summed E-state index contributed by atoms with van der Waals surface area (Å²) in [5, 5.41) is 0.523. The van der Waals surface area contributed by atoms with Crippen molar-refractivity contribution in [3.8, 4) is 0 Å². The van der Waals surface area contributed by atoms with Crippen LogP contribution in [0.4, 0.5) is 0 Å². The quantitative estimate of drug-likeness (QED) is 0.578. The molecule has 1 heterocycles. The number of nitrogens with one attached hydrogen (secondary N) is 2. The van der Waals surface area contributed by atoms with E-state index in [-0.39, 0.29) is 11.7 Å². The van der Waals surface area contributed by atoms with Crippen molar-refractivity contribution in [1.82, 2.24) is 15.8 Å². The lowest BCUT2D eigenvalue weighted by Crippen LogP contribution is -2.41. The highest BCUT2D eigenvalue weighted by molar-refractivity contribution is 8.00. The van der Waals surface area contributed by atoms with E-state index in [1.807, 2.05) is 11.0 Å². The fourth-order valence-corrected chi connectivity index (χ4v) is 3.91. The second kappa shape index (κ2) is 9.61. The molecule has 3 rings (SSSR count). The number of benzene rings is 2. The van der Waals surface area contributed by atoms with Crippen LogP contribution in [0, 0.1) is 0 Å². The molecule has 3 amide bonds. The van der Waals surface area contributed by atoms with E-state index in [9.17, 15) is 14.4 Å². The van der Waals surface area contributed by atoms with Crippen LogP contribution in [0.2, 0.25) is 5.02 Å². The Hall–Kier alpha value is -2.51. The minimum Gasteiger partial charge on any atom is -0.342 e. The fourth-order valence-electron chi connectivity index (χ4n) is 2.83. The molecule has 8 heteroatoms. The molecule has 1 aliphatic heterocycles. The van der Waals surface area contributed by atoms with E-state index in [2.05, 4.69) is 10.9 Å². The van der Waals surface area contributed by atoms with Gasteiger partial charge >= 0.3 is 0 Å². The Morgan fingerprint density at radius 2 is 1.57 bits per heavy atom. The molecule has 2 N–H and O–H groups in total. The zero-order valence-electron chi connectivity index (χ0n) is 15.1. The van der Waals surface area contributed by atoms with Crippen LogP contribution in [0.5, 0.6) is 0 Å². The molecule has 0 bridgehead atoms. The summed E-state index contributed by atoms with van der Waals surface area (Å²) in [5.74, 6) is -0.534. The average molecular weight is 418 g/mol. The smallest absolute Gasteiger partial charge is 0.270 e. The van der Waals surface area contributed by atoms with Crippen LogP contribution >= 0.6 is 23.4 Å². The van der Waals surface area contributed by atoms with Crippen LogP contribution in [0.3, 0.4) is 0 Å². The minimum absolute atomic E-state index is 0.0775. The van der Waals surface area contributed by atoms with E-state index < -0.39 is 11.8 Å². The molecule has 0 aromatic heterocycles. The first-order valence-electron chi connectivity index (χ1n) is 8.90. The summed E-state index contributed by atoms with van der Waals surface area (Å²) in [6.45, 7) is 1.61. The minimum atomic E-state index is -0.445. The molecule has 0 saturated carbocycles. The summed E-state index contributed by atoms with van der Waals surface area (Å²) in [5.41, 5.74) is 5.58. The van der Waals surface area contributed by atoms with Gasteiger partial charge in [0.1, 0.15) is 0 Å². The SMILES string of the molecule is O=C(NNC(=O)c1ccccc1SCC(=O)N1CCCC1)c1ccc(Cl)cc1. The first kappa shape index (κ1) is 20.2. The third-order valence-corrected chi connectivity index (χ3v) is 5.65. The van der Waals surface area contributed by atoms with Crippen LogP contribution in [0.25, 0.3) is 0 Å².